The van der Waals surface area contributed by atoms with Crippen molar-refractivity contribution in [3.63, 3.8) is 0 Å². The van der Waals surface area contributed by atoms with Gasteiger partial charge in [0.15, 0.2) is 0 Å². The Bertz CT molecular complexity index is 344. The summed E-state index contributed by atoms with van der Waals surface area (Å²) in [7, 11) is 1.97. The molecule has 1 saturated heterocycles. The fourth-order valence-electron chi connectivity index (χ4n) is 2.15. The molecule has 3 nitrogen and oxygen atoms in total. The van der Waals surface area contributed by atoms with E-state index in [4.69, 9.17) is 9.47 Å². The van der Waals surface area contributed by atoms with Crippen LogP contribution < -0.4 is 10.1 Å². The van der Waals surface area contributed by atoms with Crippen LogP contribution in [0.4, 0.5) is 0 Å². The fraction of sp³-hybridized carbons (Fsp3) is 0.600. The summed E-state index contributed by atoms with van der Waals surface area (Å²) in [5, 5.41) is 3.22. The van der Waals surface area contributed by atoms with Crippen LogP contribution in [-0.4, -0.2) is 26.4 Å². The van der Waals surface area contributed by atoms with Crippen LogP contribution in [0.1, 0.15) is 37.8 Å². The van der Waals surface area contributed by atoms with Crippen LogP contribution in [0, 0.1) is 0 Å². The van der Waals surface area contributed by atoms with Gasteiger partial charge in [-0.2, -0.15) is 0 Å². The molecule has 1 aliphatic heterocycles. The fourth-order valence-corrected chi connectivity index (χ4v) is 2.15. The van der Waals surface area contributed by atoms with Crippen molar-refractivity contribution in [3.8, 4) is 5.75 Å². The molecule has 1 heterocycles. The Morgan fingerprint density at radius 2 is 2.11 bits per heavy atom. The average molecular weight is 249 g/mol. The summed E-state index contributed by atoms with van der Waals surface area (Å²) in [5.41, 5.74) is 1.28. The molecule has 0 aliphatic carbocycles. The van der Waals surface area contributed by atoms with E-state index in [0.717, 1.165) is 18.8 Å². The lowest BCUT2D eigenvalue weighted by Crippen LogP contribution is -2.25. The molecule has 1 aliphatic rings. The SMILES string of the molecule is CNC(C)c1ccc(OCC2CCCCO2)cc1. The molecule has 2 unspecified atom stereocenters. The van der Waals surface area contributed by atoms with E-state index >= 15 is 0 Å². The van der Waals surface area contributed by atoms with Crippen LogP contribution in [0.25, 0.3) is 0 Å². The highest BCUT2D eigenvalue weighted by Gasteiger charge is 2.14. The average Bonchev–Trinajstić information content (AvgIpc) is 2.46. The van der Waals surface area contributed by atoms with Gasteiger partial charge in [0.2, 0.25) is 0 Å². The molecule has 0 bridgehead atoms. The van der Waals surface area contributed by atoms with E-state index in [9.17, 15) is 0 Å². The highest BCUT2D eigenvalue weighted by Crippen LogP contribution is 2.19. The maximum absolute atomic E-state index is 5.77. The van der Waals surface area contributed by atoms with Crippen molar-refractivity contribution in [1.29, 1.82) is 0 Å². The standard InChI is InChI=1S/C15H23NO2/c1-12(16-2)13-6-8-14(9-7-13)18-11-15-5-3-4-10-17-15/h6-9,12,15-16H,3-5,10-11H2,1-2H3. The first-order valence-corrected chi connectivity index (χ1v) is 6.81. The molecule has 1 N–H and O–H groups in total. The van der Waals surface area contributed by atoms with Crippen LogP contribution in [0.3, 0.4) is 0 Å². The summed E-state index contributed by atoms with van der Waals surface area (Å²) >= 11 is 0. The normalized spacial score (nSPS) is 21.6. The molecule has 100 valence electrons. The summed E-state index contributed by atoms with van der Waals surface area (Å²) < 4.78 is 11.4. The Labute approximate surface area is 109 Å². The molecule has 0 aromatic heterocycles. The van der Waals surface area contributed by atoms with Gasteiger partial charge in [-0.1, -0.05) is 12.1 Å². The van der Waals surface area contributed by atoms with Crippen molar-refractivity contribution in [1.82, 2.24) is 5.32 Å². The van der Waals surface area contributed by atoms with Gasteiger partial charge in [-0.05, 0) is 50.9 Å². The number of nitrogens with one attached hydrogen (secondary N) is 1. The third-order valence-electron chi connectivity index (χ3n) is 3.52. The molecule has 2 rings (SSSR count). The van der Waals surface area contributed by atoms with E-state index in [1.54, 1.807) is 0 Å². The van der Waals surface area contributed by atoms with Gasteiger partial charge in [-0.3, -0.25) is 0 Å². The van der Waals surface area contributed by atoms with Gasteiger partial charge in [0.25, 0.3) is 0 Å². The van der Waals surface area contributed by atoms with Gasteiger partial charge < -0.3 is 14.8 Å². The molecule has 0 spiro atoms. The lowest BCUT2D eigenvalue weighted by Gasteiger charge is -2.22. The van der Waals surface area contributed by atoms with Crippen LogP contribution in [0.5, 0.6) is 5.75 Å². The van der Waals surface area contributed by atoms with Crippen molar-refractivity contribution in [2.45, 2.75) is 38.3 Å². The molecule has 0 radical (unpaired) electrons. The largest absolute Gasteiger partial charge is 0.491 e. The van der Waals surface area contributed by atoms with Crippen molar-refractivity contribution in [3.05, 3.63) is 29.8 Å². The number of ether oxygens (including phenoxy) is 2. The maximum Gasteiger partial charge on any atom is 0.119 e. The van der Waals surface area contributed by atoms with Crippen molar-refractivity contribution >= 4 is 0 Å². The van der Waals surface area contributed by atoms with Crippen LogP contribution >= 0.6 is 0 Å². The summed E-state index contributed by atoms with van der Waals surface area (Å²) in [5.74, 6) is 0.927. The van der Waals surface area contributed by atoms with E-state index in [1.807, 2.05) is 19.2 Å². The Morgan fingerprint density at radius 1 is 1.33 bits per heavy atom. The molecule has 3 heteroatoms. The molecule has 0 amide bonds. The van der Waals surface area contributed by atoms with Gasteiger partial charge in [0, 0.05) is 12.6 Å². The minimum atomic E-state index is 0.273. The lowest BCUT2D eigenvalue weighted by molar-refractivity contribution is -0.0110. The molecular weight excluding hydrogens is 226 g/mol. The first-order chi connectivity index (χ1) is 8.79. The monoisotopic (exact) mass is 249 g/mol. The maximum atomic E-state index is 5.77. The summed E-state index contributed by atoms with van der Waals surface area (Å²) in [6.07, 6.45) is 3.84. The predicted octanol–water partition coefficient (Wildman–Crippen LogP) is 2.91. The molecule has 1 aromatic rings. The van der Waals surface area contributed by atoms with Crippen molar-refractivity contribution in [2.24, 2.45) is 0 Å². The minimum Gasteiger partial charge on any atom is -0.491 e. The first kappa shape index (κ1) is 13.4. The van der Waals surface area contributed by atoms with Crippen molar-refractivity contribution in [2.75, 3.05) is 20.3 Å². The highest BCUT2D eigenvalue weighted by molar-refractivity contribution is 5.28. The second-order valence-corrected chi connectivity index (χ2v) is 4.88. The Hall–Kier alpha value is -1.06. The van der Waals surface area contributed by atoms with E-state index < -0.39 is 0 Å². The molecule has 1 fully saturated rings. The summed E-state index contributed by atoms with van der Waals surface area (Å²) in [6, 6.07) is 8.66. The second-order valence-electron chi connectivity index (χ2n) is 4.88. The molecule has 1 aromatic carbocycles. The predicted molar refractivity (Wildman–Crippen MR) is 73.0 cm³/mol. The van der Waals surface area contributed by atoms with Gasteiger partial charge in [-0.25, -0.2) is 0 Å². The number of benzene rings is 1. The number of rotatable bonds is 5. The zero-order valence-electron chi connectivity index (χ0n) is 11.3. The Morgan fingerprint density at radius 3 is 2.72 bits per heavy atom. The van der Waals surface area contributed by atoms with E-state index in [0.29, 0.717) is 12.6 Å². The van der Waals surface area contributed by atoms with Gasteiger partial charge in [0.05, 0.1) is 6.10 Å². The number of hydrogen-bond donors (Lipinski definition) is 1. The zero-order chi connectivity index (χ0) is 12.8. The molecule has 18 heavy (non-hydrogen) atoms. The van der Waals surface area contributed by atoms with Crippen LogP contribution in [0.2, 0.25) is 0 Å². The minimum absolute atomic E-state index is 0.273. The van der Waals surface area contributed by atoms with Gasteiger partial charge in [-0.15, -0.1) is 0 Å². The second kappa shape index (κ2) is 6.76. The van der Waals surface area contributed by atoms with E-state index in [1.165, 1.54) is 18.4 Å². The highest BCUT2D eigenvalue weighted by atomic mass is 16.5. The Balaban J connectivity index is 1.82. The first-order valence-electron chi connectivity index (χ1n) is 6.81. The topological polar surface area (TPSA) is 30.5 Å². The molecule has 0 saturated carbocycles. The van der Waals surface area contributed by atoms with Gasteiger partial charge >= 0.3 is 0 Å². The van der Waals surface area contributed by atoms with E-state index in [2.05, 4.69) is 24.4 Å². The molecule has 2 atom stereocenters. The zero-order valence-corrected chi connectivity index (χ0v) is 11.3. The Kier molecular flexibility index (Phi) is 5.02. The molecular formula is C15H23NO2. The summed E-state index contributed by atoms with van der Waals surface area (Å²) in [4.78, 5) is 0. The summed E-state index contributed by atoms with van der Waals surface area (Å²) in [6.45, 7) is 3.69. The van der Waals surface area contributed by atoms with Gasteiger partial charge in [0.1, 0.15) is 12.4 Å². The smallest absolute Gasteiger partial charge is 0.119 e. The van der Waals surface area contributed by atoms with Crippen molar-refractivity contribution < 1.29 is 9.47 Å². The third kappa shape index (κ3) is 3.72. The van der Waals surface area contributed by atoms with Crippen LogP contribution in [-0.2, 0) is 4.74 Å². The number of hydrogen-bond acceptors (Lipinski definition) is 3. The lowest BCUT2D eigenvalue weighted by atomic mass is 10.1. The third-order valence-corrected chi connectivity index (χ3v) is 3.52. The van der Waals surface area contributed by atoms with E-state index in [-0.39, 0.29) is 6.10 Å². The van der Waals surface area contributed by atoms with Crippen LogP contribution in [0.15, 0.2) is 24.3 Å². The quantitative estimate of drug-likeness (QED) is 0.870.